The van der Waals surface area contributed by atoms with Crippen molar-refractivity contribution in [3.8, 4) is 0 Å². The fraction of sp³-hybridized carbons (Fsp3) is 0.833. The second-order valence-corrected chi connectivity index (χ2v) is 7.82. The van der Waals surface area contributed by atoms with Crippen LogP contribution in [0.4, 0.5) is 0 Å². The first-order chi connectivity index (χ1) is 8.97. The van der Waals surface area contributed by atoms with Crippen LogP contribution < -0.4 is 10.6 Å². The number of rotatable bonds is 0. The minimum Gasteiger partial charge on any atom is -0.353 e. The maximum atomic E-state index is 10.4. The molecule has 0 aliphatic carbocycles. The molecule has 0 aromatic heterocycles. The van der Waals surface area contributed by atoms with Gasteiger partial charge >= 0.3 is 0 Å². The molecular weight excluding hydrogens is 296 g/mol. The van der Waals surface area contributed by atoms with Crippen LogP contribution in [0.5, 0.6) is 0 Å². The first-order valence-corrected chi connectivity index (χ1v) is 7.41. The highest BCUT2D eigenvalue weighted by molar-refractivity contribution is 7.80. The zero-order valence-electron chi connectivity index (χ0n) is 12.3. The number of hydroxylamine groups is 4. The molecule has 3 aliphatic rings. The number of thiocarbonyl (C=S) groups is 2. The maximum Gasteiger partial charge on any atom is 0.218 e. The molecule has 3 fully saturated rings. The summed E-state index contributed by atoms with van der Waals surface area (Å²) in [5.41, 5.74) is -2.13. The minimum atomic E-state index is -0.956. The van der Waals surface area contributed by atoms with Gasteiger partial charge in [-0.2, -0.15) is 5.06 Å². The lowest BCUT2D eigenvalue weighted by atomic mass is 9.74. The van der Waals surface area contributed by atoms with Crippen molar-refractivity contribution in [2.24, 2.45) is 0 Å². The Balaban J connectivity index is 2.10. The molecule has 3 rings (SSSR count). The van der Waals surface area contributed by atoms with Gasteiger partial charge in [0.2, 0.25) is 5.72 Å². The zero-order valence-corrected chi connectivity index (χ0v) is 13.9. The van der Waals surface area contributed by atoms with E-state index in [0.29, 0.717) is 11.5 Å². The molecule has 112 valence electrons. The molecule has 0 radical (unpaired) electrons. The summed E-state index contributed by atoms with van der Waals surface area (Å²) < 4.78 is 0. The van der Waals surface area contributed by atoms with Crippen LogP contribution in [0, 0.1) is 0 Å². The third-order valence-electron chi connectivity index (χ3n) is 5.16. The molecule has 2 atom stereocenters. The van der Waals surface area contributed by atoms with Gasteiger partial charge in [0.25, 0.3) is 0 Å². The predicted octanol–water partition coefficient (Wildman–Crippen LogP) is 1.10. The monoisotopic (exact) mass is 316 g/mol. The molecular formula is C12H20N4O2S2. The largest absolute Gasteiger partial charge is 0.353 e. The van der Waals surface area contributed by atoms with Gasteiger partial charge in [-0.15, -0.1) is 0 Å². The molecule has 1 spiro atoms. The van der Waals surface area contributed by atoms with Gasteiger partial charge < -0.3 is 10.6 Å². The summed E-state index contributed by atoms with van der Waals surface area (Å²) >= 11 is 10.5. The maximum absolute atomic E-state index is 10.4. The second-order valence-electron chi connectivity index (χ2n) is 7.04. The standard InChI is InChI=1S/C12H20N4O2S2/c1-9(2)11(5)6-12(18-16(11)8(20)14-9)10(3,4)13-7(19)15(12)17/h17H,6H2,1-5H3,(H,13,19)(H,14,20)/t11-,12+/m1/s1. The fourth-order valence-corrected chi connectivity index (χ4v) is 4.21. The summed E-state index contributed by atoms with van der Waals surface area (Å²) in [4.78, 5) is 6.14. The smallest absolute Gasteiger partial charge is 0.218 e. The highest BCUT2D eigenvalue weighted by Crippen LogP contribution is 2.54. The van der Waals surface area contributed by atoms with Crippen molar-refractivity contribution in [2.75, 3.05) is 0 Å². The van der Waals surface area contributed by atoms with Crippen molar-refractivity contribution < 1.29 is 10.0 Å². The molecule has 0 saturated carbocycles. The first kappa shape index (κ1) is 14.2. The molecule has 3 heterocycles. The van der Waals surface area contributed by atoms with E-state index in [2.05, 4.69) is 31.4 Å². The fourth-order valence-electron chi connectivity index (χ4n) is 3.31. The van der Waals surface area contributed by atoms with Gasteiger partial charge in [-0.1, -0.05) is 0 Å². The van der Waals surface area contributed by atoms with E-state index >= 15 is 0 Å². The predicted molar refractivity (Wildman–Crippen MR) is 81.9 cm³/mol. The van der Waals surface area contributed by atoms with Crippen molar-refractivity contribution in [2.45, 2.75) is 63.4 Å². The third kappa shape index (κ3) is 1.35. The Labute approximate surface area is 129 Å². The molecule has 3 saturated heterocycles. The number of nitrogens with one attached hydrogen (secondary N) is 2. The molecule has 0 aromatic rings. The Morgan fingerprint density at radius 2 is 1.60 bits per heavy atom. The van der Waals surface area contributed by atoms with Gasteiger partial charge in [0.05, 0.1) is 16.6 Å². The van der Waals surface area contributed by atoms with Crippen molar-refractivity contribution in [1.29, 1.82) is 0 Å². The lowest BCUT2D eigenvalue weighted by Gasteiger charge is -2.39. The second kappa shape index (κ2) is 3.55. The van der Waals surface area contributed by atoms with Crippen molar-refractivity contribution >= 4 is 34.7 Å². The molecule has 0 aromatic carbocycles. The van der Waals surface area contributed by atoms with E-state index in [1.165, 1.54) is 0 Å². The SMILES string of the molecule is CC1(C)NC(=S)N2O[C@]3(C[C@@]21C)N(O)C(=S)NC3(C)C. The average Bonchev–Trinajstić information content (AvgIpc) is 2.76. The Kier molecular flexibility index (Phi) is 2.53. The molecule has 20 heavy (non-hydrogen) atoms. The van der Waals surface area contributed by atoms with Gasteiger partial charge in [-0.25, -0.2) is 9.90 Å². The summed E-state index contributed by atoms with van der Waals surface area (Å²) in [5.74, 6) is 0. The van der Waals surface area contributed by atoms with Crippen LogP contribution in [0.3, 0.4) is 0 Å². The molecule has 8 heteroatoms. The highest BCUT2D eigenvalue weighted by atomic mass is 32.1. The summed E-state index contributed by atoms with van der Waals surface area (Å²) in [5, 5.41) is 20.4. The van der Waals surface area contributed by atoms with Crippen molar-refractivity contribution in [1.82, 2.24) is 20.8 Å². The van der Waals surface area contributed by atoms with E-state index in [1.807, 2.05) is 13.8 Å². The van der Waals surface area contributed by atoms with Crippen LogP contribution in [0.2, 0.25) is 0 Å². The summed E-state index contributed by atoms with van der Waals surface area (Å²) in [6.07, 6.45) is 0.566. The van der Waals surface area contributed by atoms with E-state index in [4.69, 9.17) is 29.3 Å². The van der Waals surface area contributed by atoms with E-state index in [0.717, 1.165) is 5.06 Å². The van der Waals surface area contributed by atoms with Crippen LogP contribution in [-0.4, -0.2) is 47.9 Å². The van der Waals surface area contributed by atoms with E-state index < -0.39 is 11.3 Å². The Morgan fingerprint density at radius 3 is 2.05 bits per heavy atom. The highest BCUT2D eigenvalue weighted by Gasteiger charge is 2.72. The Bertz CT molecular complexity index is 524. The van der Waals surface area contributed by atoms with Gasteiger partial charge in [-0.05, 0) is 59.1 Å². The zero-order chi connectivity index (χ0) is 15.1. The van der Waals surface area contributed by atoms with Crippen LogP contribution in [0.1, 0.15) is 41.0 Å². The molecule has 0 amide bonds. The quantitative estimate of drug-likeness (QED) is 0.575. The summed E-state index contributed by atoms with van der Waals surface area (Å²) in [6.45, 7) is 10.2. The van der Waals surface area contributed by atoms with E-state index in [1.54, 1.807) is 5.06 Å². The van der Waals surface area contributed by atoms with Crippen molar-refractivity contribution in [3.63, 3.8) is 0 Å². The molecule has 3 N–H and O–H groups in total. The Hall–Kier alpha value is -0.700. The normalized spacial score (nSPS) is 41.1. The van der Waals surface area contributed by atoms with E-state index in [-0.39, 0.29) is 16.2 Å². The van der Waals surface area contributed by atoms with Crippen LogP contribution in [0.25, 0.3) is 0 Å². The van der Waals surface area contributed by atoms with Crippen LogP contribution in [-0.2, 0) is 4.84 Å². The van der Waals surface area contributed by atoms with Crippen LogP contribution in [0.15, 0.2) is 0 Å². The minimum absolute atomic E-state index is 0.269. The lowest BCUT2D eigenvalue weighted by Crippen LogP contribution is -2.60. The third-order valence-corrected chi connectivity index (χ3v) is 5.70. The molecule has 0 bridgehead atoms. The van der Waals surface area contributed by atoms with E-state index in [9.17, 15) is 5.21 Å². The van der Waals surface area contributed by atoms with Gasteiger partial charge in [0.1, 0.15) is 0 Å². The topological polar surface area (TPSA) is 60.0 Å². The number of hydrogen-bond acceptors (Lipinski definition) is 4. The van der Waals surface area contributed by atoms with Crippen molar-refractivity contribution in [3.05, 3.63) is 0 Å². The lowest BCUT2D eigenvalue weighted by molar-refractivity contribution is -0.287. The van der Waals surface area contributed by atoms with Gasteiger partial charge in [-0.3, -0.25) is 5.21 Å². The molecule has 3 aliphatic heterocycles. The van der Waals surface area contributed by atoms with Gasteiger partial charge in [0.15, 0.2) is 10.2 Å². The number of hydrogen-bond donors (Lipinski definition) is 3. The number of fused-ring (bicyclic) bond motifs is 1. The summed E-state index contributed by atoms with van der Waals surface area (Å²) in [6, 6.07) is 0. The summed E-state index contributed by atoms with van der Waals surface area (Å²) in [7, 11) is 0. The number of nitrogens with zero attached hydrogens (tertiary/aromatic N) is 2. The van der Waals surface area contributed by atoms with Gasteiger partial charge in [0, 0.05) is 6.42 Å². The molecule has 6 nitrogen and oxygen atoms in total. The first-order valence-electron chi connectivity index (χ1n) is 6.60. The Morgan fingerprint density at radius 1 is 1.05 bits per heavy atom. The average molecular weight is 316 g/mol. The van der Waals surface area contributed by atoms with Crippen LogP contribution >= 0.6 is 24.4 Å². The molecule has 0 unspecified atom stereocenters.